The minimum atomic E-state index is -0.491. The van der Waals surface area contributed by atoms with Crippen LogP contribution in [0.15, 0.2) is 22.7 Å². The fourth-order valence-corrected chi connectivity index (χ4v) is 2.65. The number of hydrogen-bond acceptors (Lipinski definition) is 2. The van der Waals surface area contributed by atoms with Gasteiger partial charge in [-0.2, -0.15) is 0 Å². The van der Waals surface area contributed by atoms with Crippen LogP contribution >= 0.6 is 15.9 Å². The van der Waals surface area contributed by atoms with Gasteiger partial charge in [0.2, 0.25) is 0 Å². The molecule has 1 aliphatic rings. The average Bonchev–Trinajstić information content (AvgIpc) is 2.32. The van der Waals surface area contributed by atoms with Gasteiger partial charge in [-0.25, -0.2) is 4.39 Å². The molecule has 3 nitrogen and oxygen atoms in total. The number of benzene rings is 1. The van der Waals surface area contributed by atoms with Gasteiger partial charge >= 0.3 is 0 Å². The molecule has 1 saturated heterocycles. The van der Waals surface area contributed by atoms with Crippen LogP contribution in [0.5, 0.6) is 0 Å². The summed E-state index contributed by atoms with van der Waals surface area (Å²) in [5, 5.41) is 2.90. The van der Waals surface area contributed by atoms with Crippen LogP contribution in [0, 0.1) is 5.82 Å². The molecule has 0 radical (unpaired) electrons. The Bertz CT molecular complexity index is 424. The largest absolute Gasteiger partial charge is 0.349 e. The summed E-state index contributed by atoms with van der Waals surface area (Å²) < 4.78 is 14.1. The molecule has 1 N–H and O–H groups in total. The Kier molecular flexibility index (Phi) is 4.35. The molecule has 0 saturated carbocycles. The third kappa shape index (κ3) is 3.09. The molecule has 1 aromatic carbocycles. The predicted octanol–water partition coefficient (Wildman–Crippen LogP) is 2.41. The van der Waals surface area contributed by atoms with Crippen LogP contribution in [0.4, 0.5) is 4.39 Å². The van der Waals surface area contributed by atoms with Gasteiger partial charge in [0.1, 0.15) is 5.82 Å². The second-order valence-electron chi connectivity index (χ2n) is 4.65. The molecule has 98 valence electrons. The van der Waals surface area contributed by atoms with Gasteiger partial charge in [0.15, 0.2) is 0 Å². The average molecular weight is 315 g/mol. The van der Waals surface area contributed by atoms with E-state index in [1.807, 2.05) is 0 Å². The van der Waals surface area contributed by atoms with E-state index in [4.69, 9.17) is 0 Å². The number of carbonyl (C=O) groups is 1. The first kappa shape index (κ1) is 13.5. The van der Waals surface area contributed by atoms with Crippen LogP contribution < -0.4 is 5.32 Å². The number of hydrogen-bond donors (Lipinski definition) is 1. The fourth-order valence-electron chi connectivity index (χ4n) is 2.13. The van der Waals surface area contributed by atoms with Gasteiger partial charge in [0.05, 0.1) is 5.56 Å². The molecule has 0 bridgehead atoms. The quantitative estimate of drug-likeness (QED) is 0.909. The van der Waals surface area contributed by atoms with Crippen molar-refractivity contribution in [3.05, 3.63) is 34.1 Å². The van der Waals surface area contributed by atoms with Gasteiger partial charge in [0, 0.05) is 10.5 Å². The van der Waals surface area contributed by atoms with E-state index >= 15 is 0 Å². The van der Waals surface area contributed by atoms with E-state index in [2.05, 4.69) is 33.2 Å². The van der Waals surface area contributed by atoms with E-state index in [1.165, 1.54) is 6.07 Å². The molecular weight excluding hydrogens is 299 g/mol. The lowest BCUT2D eigenvalue weighted by atomic mass is 10.0. The number of carbonyl (C=O) groups excluding carboxylic acids is 1. The number of likely N-dealkylation sites (tertiary alicyclic amines) is 1. The van der Waals surface area contributed by atoms with Gasteiger partial charge in [-0.1, -0.05) is 6.07 Å². The van der Waals surface area contributed by atoms with Crippen molar-refractivity contribution in [2.75, 3.05) is 20.1 Å². The number of halogens is 2. The summed E-state index contributed by atoms with van der Waals surface area (Å²) in [6, 6.07) is 4.69. The molecule has 5 heteroatoms. The van der Waals surface area contributed by atoms with Crippen molar-refractivity contribution in [2.24, 2.45) is 0 Å². The topological polar surface area (TPSA) is 32.3 Å². The number of piperidine rings is 1. The Morgan fingerprint density at radius 2 is 2.11 bits per heavy atom. The summed E-state index contributed by atoms with van der Waals surface area (Å²) in [5.41, 5.74) is 0.0939. The number of rotatable bonds is 2. The van der Waals surface area contributed by atoms with E-state index in [0.29, 0.717) is 4.47 Å². The number of nitrogens with one attached hydrogen (secondary N) is 1. The van der Waals surface area contributed by atoms with Crippen molar-refractivity contribution in [2.45, 2.75) is 18.9 Å². The maximum Gasteiger partial charge on any atom is 0.255 e. The molecule has 0 aliphatic carbocycles. The first-order valence-corrected chi connectivity index (χ1v) is 6.80. The molecule has 1 heterocycles. The maximum absolute atomic E-state index is 13.6. The summed E-state index contributed by atoms with van der Waals surface area (Å²) in [5.74, 6) is -0.829. The zero-order chi connectivity index (χ0) is 13.1. The lowest BCUT2D eigenvalue weighted by Crippen LogP contribution is -2.43. The third-order valence-electron chi connectivity index (χ3n) is 3.24. The van der Waals surface area contributed by atoms with E-state index in [9.17, 15) is 9.18 Å². The molecular formula is C13H16BrFN2O. The predicted molar refractivity (Wildman–Crippen MR) is 72.1 cm³/mol. The van der Waals surface area contributed by atoms with Crippen LogP contribution in [0.3, 0.4) is 0 Å². The Hall–Kier alpha value is -0.940. The smallest absolute Gasteiger partial charge is 0.255 e. The Balaban J connectivity index is 2.04. The van der Waals surface area contributed by atoms with Crippen LogP contribution in [-0.2, 0) is 0 Å². The zero-order valence-corrected chi connectivity index (χ0v) is 11.8. The van der Waals surface area contributed by atoms with E-state index in [1.54, 1.807) is 12.1 Å². The van der Waals surface area contributed by atoms with Crippen molar-refractivity contribution < 1.29 is 9.18 Å². The number of amides is 1. The highest BCUT2D eigenvalue weighted by Gasteiger charge is 2.21. The van der Waals surface area contributed by atoms with Gasteiger partial charge in [-0.3, -0.25) is 4.79 Å². The normalized spacial score (nSPS) is 17.7. The summed E-state index contributed by atoms with van der Waals surface area (Å²) >= 11 is 3.21. The molecule has 0 aromatic heterocycles. The van der Waals surface area contributed by atoms with Crippen molar-refractivity contribution in [3.8, 4) is 0 Å². The SMILES string of the molecule is CN1CCC(NC(=O)c2c(F)cccc2Br)CC1. The molecule has 0 spiro atoms. The molecule has 0 unspecified atom stereocenters. The second kappa shape index (κ2) is 5.80. The Labute approximate surface area is 114 Å². The Morgan fingerprint density at radius 3 is 2.72 bits per heavy atom. The standard InChI is InChI=1S/C13H16BrFN2O/c1-17-7-5-9(6-8-17)16-13(18)12-10(14)3-2-4-11(12)15/h2-4,9H,5-8H2,1H3,(H,16,18). The summed E-state index contributed by atoms with van der Waals surface area (Å²) in [4.78, 5) is 14.3. The molecule has 1 aromatic rings. The lowest BCUT2D eigenvalue weighted by molar-refractivity contribution is 0.0912. The highest BCUT2D eigenvalue weighted by atomic mass is 79.9. The molecule has 0 atom stereocenters. The molecule has 2 rings (SSSR count). The van der Waals surface area contributed by atoms with E-state index in [0.717, 1.165) is 25.9 Å². The molecule has 1 aliphatic heterocycles. The van der Waals surface area contributed by atoms with Crippen molar-refractivity contribution in [3.63, 3.8) is 0 Å². The Morgan fingerprint density at radius 1 is 1.44 bits per heavy atom. The van der Waals surface area contributed by atoms with Gasteiger partial charge in [-0.15, -0.1) is 0 Å². The first-order valence-electron chi connectivity index (χ1n) is 6.01. The summed E-state index contributed by atoms with van der Waals surface area (Å²) in [6.45, 7) is 1.92. The molecule has 1 fully saturated rings. The lowest BCUT2D eigenvalue weighted by Gasteiger charge is -2.29. The van der Waals surface area contributed by atoms with Gasteiger partial charge in [0.25, 0.3) is 5.91 Å². The maximum atomic E-state index is 13.6. The first-order chi connectivity index (χ1) is 8.58. The second-order valence-corrected chi connectivity index (χ2v) is 5.50. The monoisotopic (exact) mass is 314 g/mol. The van der Waals surface area contributed by atoms with E-state index in [-0.39, 0.29) is 17.5 Å². The summed E-state index contributed by atoms with van der Waals surface area (Å²) in [7, 11) is 2.06. The molecule has 1 amide bonds. The minimum Gasteiger partial charge on any atom is -0.349 e. The minimum absolute atomic E-state index is 0.0939. The zero-order valence-electron chi connectivity index (χ0n) is 10.2. The fraction of sp³-hybridized carbons (Fsp3) is 0.462. The van der Waals surface area contributed by atoms with Crippen LogP contribution in [0.1, 0.15) is 23.2 Å². The van der Waals surface area contributed by atoms with Crippen LogP contribution in [0.2, 0.25) is 0 Å². The van der Waals surface area contributed by atoms with Crippen molar-refractivity contribution in [1.29, 1.82) is 0 Å². The van der Waals surface area contributed by atoms with Crippen LogP contribution in [-0.4, -0.2) is 37.0 Å². The van der Waals surface area contributed by atoms with Crippen molar-refractivity contribution >= 4 is 21.8 Å². The van der Waals surface area contributed by atoms with Gasteiger partial charge < -0.3 is 10.2 Å². The number of nitrogens with zero attached hydrogens (tertiary/aromatic N) is 1. The van der Waals surface area contributed by atoms with Crippen LogP contribution in [0.25, 0.3) is 0 Å². The summed E-state index contributed by atoms with van der Waals surface area (Å²) in [6.07, 6.45) is 1.82. The third-order valence-corrected chi connectivity index (χ3v) is 3.90. The highest BCUT2D eigenvalue weighted by Crippen LogP contribution is 2.20. The molecule has 18 heavy (non-hydrogen) atoms. The van der Waals surface area contributed by atoms with E-state index < -0.39 is 5.82 Å². The highest BCUT2D eigenvalue weighted by molar-refractivity contribution is 9.10. The van der Waals surface area contributed by atoms with Gasteiger partial charge in [-0.05, 0) is 61.0 Å². The van der Waals surface area contributed by atoms with Crippen molar-refractivity contribution in [1.82, 2.24) is 10.2 Å².